The van der Waals surface area contributed by atoms with Crippen molar-refractivity contribution in [2.24, 2.45) is 0 Å². The van der Waals surface area contributed by atoms with Crippen LogP contribution in [0.4, 0.5) is 0 Å². The second kappa shape index (κ2) is 8.14. The summed E-state index contributed by atoms with van der Waals surface area (Å²) < 4.78 is 2.97. The number of amides is 1. The maximum absolute atomic E-state index is 11.7. The van der Waals surface area contributed by atoms with Crippen LogP contribution >= 0.6 is 23.1 Å². The van der Waals surface area contributed by atoms with Crippen molar-refractivity contribution in [3.8, 4) is 0 Å². The maximum Gasteiger partial charge on any atom is 0.230 e. The van der Waals surface area contributed by atoms with Gasteiger partial charge in [0.1, 0.15) is 10.8 Å². The third kappa shape index (κ3) is 5.13. The molecule has 8 heteroatoms. The first-order chi connectivity index (χ1) is 10.2. The number of imidazole rings is 1. The molecule has 1 amide bonds. The van der Waals surface area contributed by atoms with E-state index in [0.717, 1.165) is 34.6 Å². The number of aromatic nitrogens is 4. The Labute approximate surface area is 132 Å². The number of hydrogen-bond acceptors (Lipinski definition) is 6. The van der Waals surface area contributed by atoms with Crippen molar-refractivity contribution in [3.05, 3.63) is 23.2 Å². The summed E-state index contributed by atoms with van der Waals surface area (Å²) in [6.07, 6.45) is 5.63. The van der Waals surface area contributed by atoms with Crippen molar-refractivity contribution in [1.29, 1.82) is 0 Å². The molecule has 0 aliphatic heterocycles. The molecule has 0 radical (unpaired) electrons. The average molecular weight is 325 g/mol. The minimum atomic E-state index is 0.0363. The largest absolute Gasteiger partial charge is 0.355 e. The zero-order chi connectivity index (χ0) is 15.1. The lowest BCUT2D eigenvalue weighted by molar-refractivity contribution is -0.118. The Balaban J connectivity index is 1.61. The Morgan fingerprint density at radius 3 is 3.05 bits per heavy atom. The van der Waals surface area contributed by atoms with Crippen molar-refractivity contribution >= 4 is 29.0 Å². The van der Waals surface area contributed by atoms with Crippen LogP contribution in [0.5, 0.6) is 0 Å². The van der Waals surface area contributed by atoms with E-state index in [0.29, 0.717) is 12.3 Å². The molecule has 2 aromatic rings. The Bertz CT molecular complexity index is 581. The summed E-state index contributed by atoms with van der Waals surface area (Å²) in [5, 5.41) is 11.7. The minimum Gasteiger partial charge on any atom is -0.355 e. The fourth-order valence-electron chi connectivity index (χ4n) is 1.85. The minimum absolute atomic E-state index is 0.0363. The van der Waals surface area contributed by atoms with Crippen LogP contribution in [0.15, 0.2) is 16.7 Å². The molecule has 6 nitrogen and oxygen atoms in total. The number of carbonyl (C=O) groups excluding carboxylic acids is 1. The molecule has 21 heavy (non-hydrogen) atoms. The fraction of sp³-hybridized carbons (Fsp3) is 0.538. The second-order valence-electron chi connectivity index (χ2n) is 4.47. The lowest BCUT2D eigenvalue weighted by Gasteiger charge is -2.07. The number of thioether (sulfide) groups is 1. The highest BCUT2D eigenvalue weighted by Crippen LogP contribution is 2.21. The molecule has 2 heterocycles. The number of carbonyl (C=O) groups is 1. The quantitative estimate of drug-likeness (QED) is 0.593. The van der Waals surface area contributed by atoms with E-state index < -0.39 is 0 Å². The summed E-state index contributed by atoms with van der Waals surface area (Å²) in [5.41, 5.74) is 0. The normalized spacial score (nSPS) is 10.8. The lowest BCUT2D eigenvalue weighted by atomic mass is 10.4. The van der Waals surface area contributed by atoms with Gasteiger partial charge in [0.15, 0.2) is 4.34 Å². The van der Waals surface area contributed by atoms with Gasteiger partial charge in [-0.3, -0.25) is 4.79 Å². The lowest BCUT2D eigenvalue weighted by Crippen LogP contribution is -2.26. The van der Waals surface area contributed by atoms with Gasteiger partial charge in [0, 0.05) is 31.9 Å². The zero-order valence-corrected chi connectivity index (χ0v) is 13.8. The summed E-state index contributed by atoms with van der Waals surface area (Å²) in [7, 11) is 0. The van der Waals surface area contributed by atoms with Crippen LogP contribution in [0.2, 0.25) is 0 Å². The van der Waals surface area contributed by atoms with Crippen LogP contribution in [0.1, 0.15) is 24.2 Å². The molecular weight excluding hydrogens is 306 g/mol. The van der Waals surface area contributed by atoms with Crippen LogP contribution < -0.4 is 5.32 Å². The van der Waals surface area contributed by atoms with Crippen LogP contribution in [0.25, 0.3) is 0 Å². The molecular formula is C13H19N5OS2. The second-order valence-corrected chi connectivity index (χ2v) is 6.87. The van der Waals surface area contributed by atoms with E-state index in [1.807, 2.05) is 19.3 Å². The molecule has 0 aromatic carbocycles. The van der Waals surface area contributed by atoms with Crippen LogP contribution in [0, 0.1) is 6.92 Å². The molecule has 0 aliphatic carbocycles. The van der Waals surface area contributed by atoms with Gasteiger partial charge in [-0.1, -0.05) is 30.0 Å². The molecule has 0 atom stereocenters. The Morgan fingerprint density at radius 2 is 2.33 bits per heavy atom. The van der Waals surface area contributed by atoms with Gasteiger partial charge in [-0.25, -0.2) is 4.98 Å². The summed E-state index contributed by atoms with van der Waals surface area (Å²) in [6.45, 7) is 5.55. The summed E-state index contributed by atoms with van der Waals surface area (Å²) >= 11 is 2.94. The van der Waals surface area contributed by atoms with E-state index in [1.54, 1.807) is 0 Å². The highest BCUT2D eigenvalue weighted by atomic mass is 32.2. The number of nitrogens with zero attached hydrogens (tertiary/aromatic N) is 4. The summed E-state index contributed by atoms with van der Waals surface area (Å²) in [4.78, 5) is 16.0. The summed E-state index contributed by atoms with van der Waals surface area (Å²) in [5.74, 6) is 1.51. The smallest absolute Gasteiger partial charge is 0.230 e. The first-order valence-electron chi connectivity index (χ1n) is 6.88. The molecule has 0 bridgehead atoms. The number of rotatable bonds is 8. The molecule has 114 valence electrons. The molecule has 0 saturated carbocycles. The molecule has 0 fully saturated rings. The van der Waals surface area contributed by atoms with Crippen LogP contribution in [-0.4, -0.2) is 38.0 Å². The first-order valence-corrected chi connectivity index (χ1v) is 8.69. The molecule has 0 aliphatic rings. The predicted molar refractivity (Wildman–Crippen MR) is 84.6 cm³/mol. The van der Waals surface area contributed by atoms with Crippen LogP contribution in [0.3, 0.4) is 0 Å². The topological polar surface area (TPSA) is 72.7 Å². The average Bonchev–Trinajstić information content (AvgIpc) is 3.09. The van der Waals surface area contributed by atoms with E-state index in [2.05, 4.69) is 32.0 Å². The van der Waals surface area contributed by atoms with Crippen molar-refractivity contribution in [1.82, 2.24) is 25.1 Å². The van der Waals surface area contributed by atoms with Crippen molar-refractivity contribution in [2.75, 3.05) is 12.3 Å². The highest BCUT2D eigenvalue weighted by Gasteiger charge is 2.06. The Kier molecular flexibility index (Phi) is 6.19. The number of nitrogens with one attached hydrogen (secondary N) is 1. The van der Waals surface area contributed by atoms with E-state index in [-0.39, 0.29) is 5.91 Å². The maximum atomic E-state index is 11.7. The van der Waals surface area contributed by atoms with Crippen molar-refractivity contribution in [3.63, 3.8) is 0 Å². The van der Waals surface area contributed by atoms with Gasteiger partial charge in [-0.15, -0.1) is 10.2 Å². The van der Waals surface area contributed by atoms with E-state index in [9.17, 15) is 4.79 Å². The first kappa shape index (κ1) is 16.0. The van der Waals surface area contributed by atoms with Gasteiger partial charge < -0.3 is 9.88 Å². The molecule has 0 spiro atoms. The van der Waals surface area contributed by atoms with Crippen LogP contribution in [-0.2, 0) is 17.8 Å². The molecule has 0 saturated heterocycles. The van der Waals surface area contributed by atoms with Gasteiger partial charge in [-0.2, -0.15) is 0 Å². The molecule has 2 rings (SSSR count). The van der Waals surface area contributed by atoms with Gasteiger partial charge in [0.2, 0.25) is 5.91 Å². The van der Waals surface area contributed by atoms with E-state index in [1.165, 1.54) is 23.1 Å². The van der Waals surface area contributed by atoms with E-state index >= 15 is 0 Å². The van der Waals surface area contributed by atoms with Crippen molar-refractivity contribution in [2.45, 2.75) is 37.6 Å². The van der Waals surface area contributed by atoms with Gasteiger partial charge in [-0.05, 0) is 13.3 Å². The summed E-state index contributed by atoms with van der Waals surface area (Å²) in [6, 6.07) is 0. The molecule has 2 aromatic heterocycles. The zero-order valence-electron chi connectivity index (χ0n) is 12.2. The highest BCUT2D eigenvalue weighted by molar-refractivity contribution is 8.01. The van der Waals surface area contributed by atoms with E-state index in [4.69, 9.17) is 0 Å². The van der Waals surface area contributed by atoms with Gasteiger partial charge in [0.25, 0.3) is 0 Å². The third-order valence-electron chi connectivity index (χ3n) is 2.85. The fourth-order valence-corrected chi connectivity index (χ4v) is 3.50. The van der Waals surface area contributed by atoms with Gasteiger partial charge >= 0.3 is 0 Å². The standard InChI is InChI=1S/C13H19N5OS2/c1-3-11-14-6-8-18(11)7-4-5-15-12(19)9-20-13-17-16-10(2)21-13/h6,8H,3-5,7,9H2,1-2H3,(H,15,19). The molecule has 1 N–H and O–H groups in total. The van der Waals surface area contributed by atoms with Crippen molar-refractivity contribution < 1.29 is 4.79 Å². The predicted octanol–water partition coefficient (Wildman–Crippen LogP) is 1.90. The molecule has 0 unspecified atom stereocenters. The Morgan fingerprint density at radius 1 is 1.48 bits per heavy atom. The Hall–Kier alpha value is -1.41. The number of aryl methyl sites for hydroxylation is 3. The monoisotopic (exact) mass is 325 g/mol. The third-order valence-corrected chi connectivity index (χ3v) is 4.82. The SMILES string of the molecule is CCc1nccn1CCCNC(=O)CSc1nnc(C)s1. The van der Waals surface area contributed by atoms with Gasteiger partial charge in [0.05, 0.1) is 5.75 Å². The number of hydrogen-bond donors (Lipinski definition) is 1.